The molecule has 120 valence electrons. The van der Waals surface area contributed by atoms with Crippen LogP contribution in [0.25, 0.3) is 11.3 Å². The number of hydrogen-bond acceptors (Lipinski definition) is 3. The first-order valence-electron chi connectivity index (χ1n) is 6.27. The van der Waals surface area contributed by atoms with Crippen LogP contribution in [-0.2, 0) is 6.18 Å². The molecule has 1 aromatic carbocycles. The Kier molecular flexibility index (Phi) is 5.99. The molecule has 2 aromatic rings. The van der Waals surface area contributed by atoms with Crippen LogP contribution in [-0.4, -0.2) is 21.8 Å². The Balaban J connectivity index is 0.00000242. The zero-order valence-corrected chi connectivity index (χ0v) is 12.7. The number of benzene rings is 1. The summed E-state index contributed by atoms with van der Waals surface area (Å²) < 4.78 is 39.1. The van der Waals surface area contributed by atoms with Gasteiger partial charge in [0.15, 0.2) is 5.69 Å². The third-order valence-corrected chi connectivity index (χ3v) is 3.07. The van der Waals surface area contributed by atoms with Crippen LogP contribution in [0.2, 0.25) is 0 Å². The van der Waals surface area contributed by atoms with Crippen LogP contribution in [0.15, 0.2) is 36.4 Å². The molecule has 7 heteroatoms. The van der Waals surface area contributed by atoms with Crippen LogP contribution in [0.5, 0.6) is 0 Å². The second-order valence-corrected chi connectivity index (χ2v) is 4.70. The van der Waals surface area contributed by atoms with Crippen molar-refractivity contribution in [1.82, 2.24) is 4.98 Å². The van der Waals surface area contributed by atoms with Crippen LogP contribution < -0.4 is 0 Å². The molecular formula is C15H16F3NO2S. The number of pyridine rings is 1. The SMILES string of the molecule is Cc1ccc(-c2ccc([C@H](O)CO)c(C(F)(F)F)n2)cc1.S. The normalized spacial score (nSPS) is 12.6. The number of rotatable bonds is 3. The van der Waals surface area contributed by atoms with Gasteiger partial charge in [0, 0.05) is 11.1 Å². The van der Waals surface area contributed by atoms with E-state index >= 15 is 0 Å². The van der Waals surface area contributed by atoms with Crippen molar-refractivity contribution in [3.8, 4) is 11.3 Å². The van der Waals surface area contributed by atoms with Gasteiger partial charge < -0.3 is 10.2 Å². The predicted molar refractivity (Wildman–Crippen MR) is 81.8 cm³/mol. The van der Waals surface area contributed by atoms with Crippen molar-refractivity contribution in [2.75, 3.05) is 6.61 Å². The molecule has 0 radical (unpaired) electrons. The zero-order chi connectivity index (χ0) is 15.6. The molecule has 22 heavy (non-hydrogen) atoms. The molecule has 0 fully saturated rings. The number of aryl methyl sites for hydroxylation is 1. The average Bonchev–Trinajstić information content (AvgIpc) is 2.46. The summed E-state index contributed by atoms with van der Waals surface area (Å²) in [6.45, 7) is 1.08. The van der Waals surface area contributed by atoms with Gasteiger partial charge in [0.25, 0.3) is 0 Å². The van der Waals surface area contributed by atoms with Crippen molar-refractivity contribution in [3.05, 3.63) is 53.2 Å². The lowest BCUT2D eigenvalue weighted by molar-refractivity contribution is -0.143. The first-order valence-corrected chi connectivity index (χ1v) is 6.27. The second kappa shape index (κ2) is 7.13. The van der Waals surface area contributed by atoms with Gasteiger partial charge in [-0.15, -0.1) is 0 Å². The molecule has 1 atom stereocenters. The van der Waals surface area contributed by atoms with Crippen molar-refractivity contribution in [2.24, 2.45) is 0 Å². The Labute approximate surface area is 132 Å². The molecule has 3 nitrogen and oxygen atoms in total. The number of halogens is 3. The Morgan fingerprint density at radius 3 is 2.18 bits per heavy atom. The highest BCUT2D eigenvalue weighted by Crippen LogP contribution is 2.34. The number of aromatic nitrogens is 1. The lowest BCUT2D eigenvalue weighted by Gasteiger charge is -2.16. The fourth-order valence-corrected chi connectivity index (χ4v) is 1.95. The van der Waals surface area contributed by atoms with E-state index in [2.05, 4.69) is 4.98 Å². The van der Waals surface area contributed by atoms with E-state index < -0.39 is 30.1 Å². The Morgan fingerprint density at radius 2 is 1.68 bits per heavy atom. The lowest BCUT2D eigenvalue weighted by atomic mass is 10.0. The molecule has 0 aliphatic rings. The number of alkyl halides is 3. The molecule has 2 rings (SSSR count). The van der Waals surface area contributed by atoms with Crippen molar-refractivity contribution >= 4 is 13.5 Å². The first-order chi connectivity index (χ1) is 9.82. The minimum absolute atomic E-state index is 0. The van der Waals surface area contributed by atoms with E-state index in [-0.39, 0.29) is 19.2 Å². The van der Waals surface area contributed by atoms with E-state index in [4.69, 9.17) is 5.11 Å². The molecule has 0 aliphatic carbocycles. The number of aliphatic hydroxyl groups excluding tert-OH is 2. The van der Waals surface area contributed by atoms with E-state index in [9.17, 15) is 18.3 Å². The Morgan fingerprint density at radius 1 is 1.09 bits per heavy atom. The van der Waals surface area contributed by atoms with Crippen LogP contribution in [0.4, 0.5) is 13.2 Å². The molecular weight excluding hydrogens is 315 g/mol. The number of nitrogens with zero attached hydrogens (tertiary/aromatic N) is 1. The minimum atomic E-state index is -4.70. The third kappa shape index (κ3) is 4.00. The fourth-order valence-electron chi connectivity index (χ4n) is 1.95. The standard InChI is InChI=1S/C15H14F3NO2.H2S/c1-9-2-4-10(5-3-9)12-7-6-11(13(21)8-20)14(19-12)15(16,17)18;/h2-7,13,20-21H,8H2,1H3;1H2/t13-;/m1./s1. The van der Waals surface area contributed by atoms with E-state index in [1.807, 2.05) is 6.92 Å². The van der Waals surface area contributed by atoms with Crippen LogP contribution in [0.1, 0.15) is 22.9 Å². The molecule has 0 bridgehead atoms. The quantitative estimate of drug-likeness (QED) is 0.908. The molecule has 2 N–H and O–H groups in total. The zero-order valence-electron chi connectivity index (χ0n) is 11.7. The Hall–Kier alpha value is -1.57. The largest absolute Gasteiger partial charge is 0.433 e. The summed E-state index contributed by atoms with van der Waals surface area (Å²) in [5.74, 6) is 0. The first kappa shape index (κ1) is 18.5. The van der Waals surface area contributed by atoms with Gasteiger partial charge in [0.05, 0.1) is 12.3 Å². The summed E-state index contributed by atoms with van der Waals surface area (Å²) in [4.78, 5) is 3.62. The van der Waals surface area contributed by atoms with Gasteiger partial charge in [0.2, 0.25) is 0 Å². The van der Waals surface area contributed by atoms with Gasteiger partial charge >= 0.3 is 6.18 Å². The van der Waals surface area contributed by atoms with E-state index in [1.54, 1.807) is 24.3 Å². The van der Waals surface area contributed by atoms with Gasteiger partial charge in [0.1, 0.15) is 6.10 Å². The maximum Gasteiger partial charge on any atom is 0.433 e. The monoisotopic (exact) mass is 331 g/mol. The van der Waals surface area contributed by atoms with Crippen molar-refractivity contribution in [2.45, 2.75) is 19.2 Å². The average molecular weight is 331 g/mol. The molecule has 0 amide bonds. The summed E-state index contributed by atoms with van der Waals surface area (Å²) in [7, 11) is 0. The van der Waals surface area contributed by atoms with Gasteiger partial charge in [-0.3, -0.25) is 0 Å². The van der Waals surface area contributed by atoms with Gasteiger partial charge in [-0.1, -0.05) is 35.9 Å². The highest BCUT2D eigenvalue weighted by Gasteiger charge is 2.37. The van der Waals surface area contributed by atoms with Crippen molar-refractivity contribution in [3.63, 3.8) is 0 Å². The second-order valence-electron chi connectivity index (χ2n) is 4.70. The Bertz CT molecular complexity index is 630. The molecule has 1 aromatic heterocycles. The fraction of sp³-hybridized carbons (Fsp3) is 0.267. The number of hydrogen-bond donors (Lipinski definition) is 2. The predicted octanol–water partition coefficient (Wildman–Crippen LogP) is 3.21. The summed E-state index contributed by atoms with van der Waals surface area (Å²) >= 11 is 0. The molecule has 0 saturated heterocycles. The summed E-state index contributed by atoms with van der Waals surface area (Å²) in [6.07, 6.45) is -6.31. The van der Waals surface area contributed by atoms with Gasteiger partial charge in [-0.05, 0) is 13.0 Å². The highest BCUT2D eigenvalue weighted by atomic mass is 32.1. The van der Waals surface area contributed by atoms with Crippen LogP contribution >= 0.6 is 13.5 Å². The summed E-state index contributed by atoms with van der Waals surface area (Å²) in [6, 6.07) is 9.46. The van der Waals surface area contributed by atoms with Crippen LogP contribution in [0.3, 0.4) is 0 Å². The van der Waals surface area contributed by atoms with Gasteiger partial charge in [-0.2, -0.15) is 26.7 Å². The molecule has 0 aliphatic heterocycles. The maximum atomic E-state index is 13.0. The molecule has 0 saturated carbocycles. The van der Waals surface area contributed by atoms with Crippen molar-refractivity contribution in [1.29, 1.82) is 0 Å². The van der Waals surface area contributed by atoms with E-state index in [0.29, 0.717) is 5.56 Å². The van der Waals surface area contributed by atoms with E-state index in [1.165, 1.54) is 6.07 Å². The summed E-state index contributed by atoms with van der Waals surface area (Å²) in [5.41, 5.74) is 0.0949. The third-order valence-electron chi connectivity index (χ3n) is 3.07. The molecule has 1 heterocycles. The minimum Gasteiger partial charge on any atom is -0.393 e. The maximum absolute atomic E-state index is 13.0. The lowest BCUT2D eigenvalue weighted by Crippen LogP contribution is -2.16. The van der Waals surface area contributed by atoms with Crippen LogP contribution in [0, 0.1) is 6.92 Å². The van der Waals surface area contributed by atoms with Crippen molar-refractivity contribution < 1.29 is 23.4 Å². The molecule has 0 spiro atoms. The number of aliphatic hydroxyl groups is 2. The molecule has 0 unspecified atom stereocenters. The summed E-state index contributed by atoms with van der Waals surface area (Å²) in [5, 5.41) is 18.3. The van der Waals surface area contributed by atoms with E-state index in [0.717, 1.165) is 11.6 Å². The smallest absolute Gasteiger partial charge is 0.393 e. The topological polar surface area (TPSA) is 53.4 Å². The van der Waals surface area contributed by atoms with Gasteiger partial charge in [-0.25, -0.2) is 4.98 Å². The highest BCUT2D eigenvalue weighted by molar-refractivity contribution is 7.59.